The average Bonchev–Trinajstić information content (AvgIpc) is 2.31. The van der Waals surface area contributed by atoms with Crippen molar-refractivity contribution >= 4 is 5.82 Å². The van der Waals surface area contributed by atoms with E-state index in [0.29, 0.717) is 0 Å². The fraction of sp³-hybridized carbons (Fsp3) is 0.615. The van der Waals surface area contributed by atoms with Gasteiger partial charge in [0.1, 0.15) is 5.82 Å². The van der Waals surface area contributed by atoms with Crippen molar-refractivity contribution < 1.29 is 0 Å². The number of hydrogen-bond donors (Lipinski definition) is 1. The van der Waals surface area contributed by atoms with Gasteiger partial charge in [-0.1, -0.05) is 6.07 Å². The highest BCUT2D eigenvalue weighted by atomic mass is 15.2. The third-order valence-electron chi connectivity index (χ3n) is 3.33. The van der Waals surface area contributed by atoms with E-state index in [1.54, 1.807) is 0 Å². The SMILES string of the molecule is Cc1cccnc1N(C)CC1CCNCC1. The highest BCUT2D eigenvalue weighted by Crippen LogP contribution is 2.19. The quantitative estimate of drug-likeness (QED) is 0.840. The Labute approximate surface area is 97.9 Å². The summed E-state index contributed by atoms with van der Waals surface area (Å²) in [5, 5.41) is 3.40. The predicted molar refractivity (Wildman–Crippen MR) is 67.8 cm³/mol. The molecule has 3 heteroatoms. The van der Waals surface area contributed by atoms with Crippen LogP contribution in [0.15, 0.2) is 18.3 Å². The maximum Gasteiger partial charge on any atom is 0.131 e. The molecule has 16 heavy (non-hydrogen) atoms. The van der Waals surface area contributed by atoms with Crippen molar-refractivity contribution in [3.63, 3.8) is 0 Å². The van der Waals surface area contributed by atoms with Crippen molar-refractivity contribution in [1.29, 1.82) is 0 Å². The minimum atomic E-state index is 0.813. The summed E-state index contributed by atoms with van der Waals surface area (Å²) in [6.45, 7) is 5.58. The number of aryl methyl sites for hydroxylation is 1. The molecular formula is C13H21N3. The molecule has 1 fully saturated rings. The highest BCUT2D eigenvalue weighted by molar-refractivity contribution is 5.44. The molecule has 1 N–H and O–H groups in total. The third-order valence-corrected chi connectivity index (χ3v) is 3.33. The molecule has 1 saturated heterocycles. The predicted octanol–water partition coefficient (Wildman–Crippen LogP) is 1.83. The molecule has 0 bridgehead atoms. The highest BCUT2D eigenvalue weighted by Gasteiger charge is 2.16. The number of hydrogen-bond acceptors (Lipinski definition) is 3. The van der Waals surface area contributed by atoms with Gasteiger partial charge in [-0.25, -0.2) is 4.98 Å². The molecule has 1 aromatic rings. The lowest BCUT2D eigenvalue weighted by molar-refractivity contribution is 0.377. The Morgan fingerprint density at radius 1 is 1.44 bits per heavy atom. The Hall–Kier alpha value is -1.09. The van der Waals surface area contributed by atoms with Gasteiger partial charge in [0.25, 0.3) is 0 Å². The lowest BCUT2D eigenvalue weighted by atomic mass is 9.97. The van der Waals surface area contributed by atoms with Gasteiger partial charge in [-0.2, -0.15) is 0 Å². The van der Waals surface area contributed by atoms with Gasteiger partial charge in [-0.05, 0) is 50.4 Å². The van der Waals surface area contributed by atoms with E-state index in [2.05, 4.69) is 35.2 Å². The number of pyridine rings is 1. The van der Waals surface area contributed by atoms with E-state index in [1.165, 1.54) is 31.5 Å². The third kappa shape index (κ3) is 2.73. The number of aromatic nitrogens is 1. The Balaban J connectivity index is 1.96. The van der Waals surface area contributed by atoms with E-state index in [9.17, 15) is 0 Å². The molecule has 1 aliphatic rings. The fourth-order valence-electron chi connectivity index (χ4n) is 2.42. The second-order valence-electron chi connectivity index (χ2n) is 4.72. The van der Waals surface area contributed by atoms with Crippen molar-refractivity contribution in [3.8, 4) is 0 Å². The minimum Gasteiger partial charge on any atom is -0.359 e. The first-order chi connectivity index (χ1) is 7.77. The van der Waals surface area contributed by atoms with Gasteiger partial charge in [0.15, 0.2) is 0 Å². The van der Waals surface area contributed by atoms with Crippen LogP contribution in [0.5, 0.6) is 0 Å². The van der Waals surface area contributed by atoms with Crippen molar-refractivity contribution in [2.75, 3.05) is 31.6 Å². The van der Waals surface area contributed by atoms with E-state index >= 15 is 0 Å². The van der Waals surface area contributed by atoms with Crippen LogP contribution in [0.25, 0.3) is 0 Å². The molecule has 0 amide bonds. The maximum atomic E-state index is 4.45. The first-order valence-electron chi connectivity index (χ1n) is 6.11. The van der Waals surface area contributed by atoms with Crippen LogP contribution in [0.3, 0.4) is 0 Å². The summed E-state index contributed by atoms with van der Waals surface area (Å²) in [4.78, 5) is 6.75. The summed E-state index contributed by atoms with van der Waals surface area (Å²) in [7, 11) is 2.15. The molecule has 1 aromatic heterocycles. The van der Waals surface area contributed by atoms with E-state index in [-0.39, 0.29) is 0 Å². The van der Waals surface area contributed by atoms with E-state index in [0.717, 1.165) is 18.3 Å². The number of nitrogens with one attached hydrogen (secondary N) is 1. The molecule has 0 aromatic carbocycles. The Morgan fingerprint density at radius 3 is 2.88 bits per heavy atom. The second-order valence-corrected chi connectivity index (χ2v) is 4.72. The topological polar surface area (TPSA) is 28.2 Å². The Morgan fingerprint density at radius 2 is 2.19 bits per heavy atom. The normalized spacial score (nSPS) is 17.4. The van der Waals surface area contributed by atoms with Crippen LogP contribution >= 0.6 is 0 Å². The Bertz CT molecular complexity index is 332. The van der Waals surface area contributed by atoms with Crippen LogP contribution in [0.2, 0.25) is 0 Å². The molecule has 2 rings (SSSR count). The van der Waals surface area contributed by atoms with Crippen molar-refractivity contribution in [2.24, 2.45) is 5.92 Å². The van der Waals surface area contributed by atoms with Crippen LogP contribution in [-0.4, -0.2) is 31.7 Å². The molecule has 0 radical (unpaired) electrons. The van der Waals surface area contributed by atoms with Crippen molar-refractivity contribution in [2.45, 2.75) is 19.8 Å². The van der Waals surface area contributed by atoms with Gasteiger partial charge in [0.05, 0.1) is 0 Å². The molecule has 1 aliphatic heterocycles. The molecule has 0 saturated carbocycles. The van der Waals surface area contributed by atoms with Gasteiger partial charge >= 0.3 is 0 Å². The molecule has 0 spiro atoms. The molecule has 0 unspecified atom stereocenters. The van der Waals surface area contributed by atoms with Crippen LogP contribution < -0.4 is 10.2 Å². The summed E-state index contributed by atoms with van der Waals surface area (Å²) >= 11 is 0. The second kappa shape index (κ2) is 5.30. The van der Waals surface area contributed by atoms with Crippen LogP contribution in [0.1, 0.15) is 18.4 Å². The Kier molecular flexibility index (Phi) is 3.78. The lowest BCUT2D eigenvalue weighted by Crippen LogP contribution is -2.35. The zero-order chi connectivity index (χ0) is 11.4. The van der Waals surface area contributed by atoms with Gasteiger partial charge in [0.2, 0.25) is 0 Å². The molecular weight excluding hydrogens is 198 g/mol. The van der Waals surface area contributed by atoms with Crippen LogP contribution in [0.4, 0.5) is 5.82 Å². The summed E-state index contributed by atoms with van der Waals surface area (Å²) in [5.74, 6) is 1.94. The average molecular weight is 219 g/mol. The first kappa shape index (κ1) is 11.4. The van der Waals surface area contributed by atoms with E-state index < -0.39 is 0 Å². The van der Waals surface area contributed by atoms with Crippen LogP contribution in [0, 0.1) is 12.8 Å². The molecule has 0 aliphatic carbocycles. The summed E-state index contributed by atoms with van der Waals surface area (Å²) in [6, 6.07) is 4.12. The molecule has 88 valence electrons. The van der Waals surface area contributed by atoms with E-state index in [4.69, 9.17) is 0 Å². The first-order valence-corrected chi connectivity index (χ1v) is 6.11. The van der Waals surface area contributed by atoms with Crippen LogP contribution in [-0.2, 0) is 0 Å². The number of piperidine rings is 1. The summed E-state index contributed by atoms with van der Waals surface area (Å²) < 4.78 is 0. The minimum absolute atomic E-state index is 0.813. The van der Waals surface area contributed by atoms with Gasteiger partial charge in [0, 0.05) is 19.8 Å². The smallest absolute Gasteiger partial charge is 0.131 e. The van der Waals surface area contributed by atoms with Crippen molar-refractivity contribution in [3.05, 3.63) is 23.9 Å². The number of nitrogens with zero attached hydrogens (tertiary/aromatic N) is 2. The standard InChI is InChI=1S/C13H21N3/c1-11-4-3-7-15-13(11)16(2)10-12-5-8-14-9-6-12/h3-4,7,12,14H,5-6,8-10H2,1-2H3. The summed E-state index contributed by atoms with van der Waals surface area (Å²) in [6.07, 6.45) is 4.45. The van der Waals surface area contributed by atoms with Gasteiger partial charge in [-0.15, -0.1) is 0 Å². The zero-order valence-corrected chi connectivity index (χ0v) is 10.2. The lowest BCUT2D eigenvalue weighted by Gasteiger charge is -2.28. The van der Waals surface area contributed by atoms with Gasteiger partial charge in [-0.3, -0.25) is 0 Å². The largest absolute Gasteiger partial charge is 0.359 e. The maximum absolute atomic E-state index is 4.45. The number of anilines is 1. The summed E-state index contributed by atoms with van der Waals surface area (Å²) in [5.41, 5.74) is 1.26. The number of rotatable bonds is 3. The molecule has 0 atom stereocenters. The zero-order valence-electron chi connectivity index (χ0n) is 10.2. The van der Waals surface area contributed by atoms with Crippen molar-refractivity contribution in [1.82, 2.24) is 10.3 Å². The molecule has 3 nitrogen and oxygen atoms in total. The monoisotopic (exact) mass is 219 g/mol. The van der Waals surface area contributed by atoms with Gasteiger partial charge < -0.3 is 10.2 Å². The fourth-order valence-corrected chi connectivity index (χ4v) is 2.42. The molecule has 2 heterocycles. The van der Waals surface area contributed by atoms with E-state index in [1.807, 2.05) is 12.3 Å².